The zero-order valence-electron chi connectivity index (χ0n) is 17.2. The van der Waals surface area contributed by atoms with Gasteiger partial charge in [0.05, 0.1) is 11.1 Å². The zero-order chi connectivity index (χ0) is 22.2. The van der Waals surface area contributed by atoms with Gasteiger partial charge in [0.2, 0.25) is 0 Å². The Hall–Kier alpha value is -4.44. The van der Waals surface area contributed by atoms with Crippen molar-refractivity contribution in [2.75, 3.05) is 0 Å². The Kier molecular flexibility index (Phi) is 6.54. The molecule has 0 aliphatic rings. The highest BCUT2D eigenvalue weighted by molar-refractivity contribution is 6.00. The molecule has 0 aromatic heterocycles. The van der Waals surface area contributed by atoms with Crippen LogP contribution in [0.2, 0.25) is 0 Å². The molecule has 0 unspecified atom stereocenters. The lowest BCUT2D eigenvalue weighted by Gasteiger charge is -2.16. The smallest absolute Gasteiger partial charge is 0.343 e. The Morgan fingerprint density at radius 1 is 0.375 bits per heavy atom. The molecule has 0 saturated heterocycles. The highest BCUT2D eigenvalue weighted by Crippen LogP contribution is 2.30. The molecule has 0 bridgehead atoms. The van der Waals surface area contributed by atoms with Gasteiger partial charge in [0.25, 0.3) is 0 Å². The first-order valence-corrected chi connectivity index (χ1v) is 10.1. The largest absolute Gasteiger partial charge is 0.418 e. The standard InChI is InChI=1S/C28H20O4/c29-27(23-17-9-3-10-18-23)31-25(21-13-5-1-6-14-21)26(22-15-7-2-8-16-22)32-28(30)24-19-11-4-12-20-24/h1-20H/b26-25+. The Labute approximate surface area is 186 Å². The predicted octanol–water partition coefficient (Wildman–Crippen LogP) is 6.23. The highest BCUT2D eigenvalue weighted by Gasteiger charge is 2.22. The van der Waals surface area contributed by atoms with Crippen LogP contribution in [0, 0.1) is 0 Å². The van der Waals surface area contributed by atoms with Crippen molar-refractivity contribution in [1.82, 2.24) is 0 Å². The van der Waals surface area contributed by atoms with Crippen LogP contribution in [0.25, 0.3) is 11.5 Å². The number of ether oxygens (including phenoxy) is 2. The third kappa shape index (κ3) is 4.99. The van der Waals surface area contributed by atoms with Crippen molar-refractivity contribution < 1.29 is 19.1 Å². The van der Waals surface area contributed by atoms with Crippen molar-refractivity contribution in [3.63, 3.8) is 0 Å². The van der Waals surface area contributed by atoms with Gasteiger partial charge in [-0.3, -0.25) is 0 Å². The molecule has 32 heavy (non-hydrogen) atoms. The molecule has 0 spiro atoms. The van der Waals surface area contributed by atoms with Crippen LogP contribution in [0.3, 0.4) is 0 Å². The first-order valence-electron chi connectivity index (χ1n) is 10.1. The molecule has 0 saturated carbocycles. The van der Waals surface area contributed by atoms with E-state index in [9.17, 15) is 9.59 Å². The molecule has 0 heterocycles. The van der Waals surface area contributed by atoms with E-state index in [1.165, 1.54) is 0 Å². The van der Waals surface area contributed by atoms with E-state index >= 15 is 0 Å². The fourth-order valence-corrected chi connectivity index (χ4v) is 3.10. The van der Waals surface area contributed by atoms with Gasteiger partial charge in [0.15, 0.2) is 11.5 Å². The number of carbonyl (C=O) groups is 2. The molecule has 4 rings (SSSR count). The van der Waals surface area contributed by atoms with Crippen LogP contribution in [0.4, 0.5) is 0 Å². The molecule has 0 atom stereocenters. The molecule has 4 nitrogen and oxygen atoms in total. The lowest BCUT2D eigenvalue weighted by Crippen LogP contribution is -2.11. The molecule has 4 aromatic carbocycles. The summed E-state index contributed by atoms with van der Waals surface area (Å²) in [6.07, 6.45) is 0. The van der Waals surface area contributed by atoms with Gasteiger partial charge in [0.1, 0.15) is 0 Å². The summed E-state index contributed by atoms with van der Waals surface area (Å²) in [6, 6.07) is 35.6. The molecule has 0 aliphatic heterocycles. The monoisotopic (exact) mass is 420 g/mol. The minimum atomic E-state index is -0.548. The van der Waals surface area contributed by atoms with Crippen LogP contribution in [0.1, 0.15) is 31.8 Å². The van der Waals surface area contributed by atoms with Gasteiger partial charge in [-0.1, -0.05) is 97.1 Å². The van der Waals surface area contributed by atoms with Gasteiger partial charge >= 0.3 is 11.9 Å². The Morgan fingerprint density at radius 3 is 0.906 bits per heavy atom. The number of hydrogen-bond acceptors (Lipinski definition) is 4. The van der Waals surface area contributed by atoms with Crippen LogP contribution in [0.15, 0.2) is 121 Å². The van der Waals surface area contributed by atoms with E-state index in [2.05, 4.69) is 0 Å². The summed E-state index contributed by atoms with van der Waals surface area (Å²) in [6.45, 7) is 0. The van der Waals surface area contributed by atoms with E-state index in [1.807, 2.05) is 48.5 Å². The highest BCUT2D eigenvalue weighted by atomic mass is 16.6. The molecule has 0 fully saturated rings. The minimum absolute atomic E-state index is 0.162. The second kappa shape index (κ2) is 10.0. The van der Waals surface area contributed by atoms with Crippen molar-refractivity contribution in [3.8, 4) is 0 Å². The van der Waals surface area contributed by atoms with E-state index in [4.69, 9.17) is 9.47 Å². The van der Waals surface area contributed by atoms with Gasteiger partial charge in [-0.25, -0.2) is 9.59 Å². The number of benzene rings is 4. The Balaban J connectivity index is 1.83. The fraction of sp³-hybridized carbons (Fsp3) is 0. The van der Waals surface area contributed by atoms with Crippen LogP contribution < -0.4 is 0 Å². The molecule has 0 amide bonds. The lowest BCUT2D eigenvalue weighted by molar-refractivity contribution is 0.0647. The van der Waals surface area contributed by atoms with Gasteiger partial charge in [-0.05, 0) is 24.3 Å². The maximum absolute atomic E-state index is 12.9. The summed E-state index contributed by atoms with van der Waals surface area (Å²) in [5.74, 6) is -0.771. The maximum atomic E-state index is 12.9. The summed E-state index contributed by atoms with van der Waals surface area (Å²) in [5.41, 5.74) is 2.00. The van der Waals surface area contributed by atoms with Crippen LogP contribution in [-0.2, 0) is 9.47 Å². The van der Waals surface area contributed by atoms with Crippen molar-refractivity contribution in [2.24, 2.45) is 0 Å². The van der Waals surface area contributed by atoms with Crippen LogP contribution >= 0.6 is 0 Å². The van der Waals surface area contributed by atoms with E-state index in [-0.39, 0.29) is 11.5 Å². The number of esters is 2. The summed E-state index contributed by atoms with van der Waals surface area (Å²) >= 11 is 0. The van der Waals surface area contributed by atoms with Crippen LogP contribution in [-0.4, -0.2) is 11.9 Å². The molecule has 0 aliphatic carbocycles. The first-order chi connectivity index (χ1) is 15.7. The molecule has 156 valence electrons. The lowest BCUT2D eigenvalue weighted by atomic mass is 10.1. The molecular weight excluding hydrogens is 400 g/mol. The zero-order valence-corrected chi connectivity index (χ0v) is 17.2. The third-order valence-electron chi connectivity index (χ3n) is 4.69. The second-order valence-corrected chi connectivity index (χ2v) is 6.90. The average Bonchev–Trinajstić information content (AvgIpc) is 2.88. The van der Waals surface area contributed by atoms with E-state index in [1.54, 1.807) is 72.8 Å². The van der Waals surface area contributed by atoms with Crippen molar-refractivity contribution in [1.29, 1.82) is 0 Å². The SMILES string of the molecule is O=C(O/C(=C(/OC(=O)c1ccccc1)c1ccccc1)c1ccccc1)c1ccccc1. The third-order valence-corrected chi connectivity index (χ3v) is 4.69. The molecule has 0 N–H and O–H groups in total. The topological polar surface area (TPSA) is 52.6 Å². The van der Waals surface area contributed by atoms with Crippen molar-refractivity contribution in [2.45, 2.75) is 0 Å². The van der Waals surface area contributed by atoms with Gasteiger partial charge < -0.3 is 9.47 Å². The number of carbonyl (C=O) groups excluding carboxylic acids is 2. The van der Waals surface area contributed by atoms with Crippen LogP contribution in [0.5, 0.6) is 0 Å². The quantitative estimate of drug-likeness (QED) is 0.211. The predicted molar refractivity (Wildman–Crippen MR) is 123 cm³/mol. The Morgan fingerprint density at radius 2 is 0.625 bits per heavy atom. The normalized spacial score (nSPS) is 11.2. The summed E-state index contributed by atoms with van der Waals surface area (Å²) in [5, 5.41) is 0. The average molecular weight is 420 g/mol. The molecule has 0 radical (unpaired) electrons. The van der Waals surface area contributed by atoms with Gasteiger partial charge in [-0.2, -0.15) is 0 Å². The minimum Gasteiger partial charge on any atom is -0.418 e. The van der Waals surface area contributed by atoms with E-state index in [0.717, 1.165) is 0 Å². The Bertz CT molecular complexity index is 1120. The van der Waals surface area contributed by atoms with Gasteiger partial charge in [0, 0.05) is 11.1 Å². The van der Waals surface area contributed by atoms with E-state index in [0.29, 0.717) is 22.3 Å². The van der Waals surface area contributed by atoms with Crippen molar-refractivity contribution in [3.05, 3.63) is 144 Å². The fourth-order valence-electron chi connectivity index (χ4n) is 3.10. The summed E-state index contributed by atoms with van der Waals surface area (Å²) < 4.78 is 11.7. The van der Waals surface area contributed by atoms with Crippen molar-refractivity contribution >= 4 is 23.5 Å². The molecule has 4 aromatic rings. The molecule has 4 heteroatoms. The molecular formula is C28H20O4. The number of rotatable bonds is 6. The van der Waals surface area contributed by atoms with E-state index < -0.39 is 11.9 Å². The first kappa shape index (κ1) is 20.8. The second-order valence-electron chi connectivity index (χ2n) is 6.90. The summed E-state index contributed by atoms with van der Waals surface area (Å²) in [7, 11) is 0. The number of hydrogen-bond donors (Lipinski definition) is 0. The summed E-state index contributed by atoms with van der Waals surface area (Å²) in [4.78, 5) is 25.8. The maximum Gasteiger partial charge on any atom is 0.343 e. The van der Waals surface area contributed by atoms with Gasteiger partial charge in [-0.15, -0.1) is 0 Å².